The van der Waals surface area contributed by atoms with Crippen molar-refractivity contribution in [3.05, 3.63) is 29.8 Å². The highest BCUT2D eigenvalue weighted by molar-refractivity contribution is 5.85. The molecule has 68 valence electrons. The lowest BCUT2D eigenvalue weighted by atomic mass is 10.2. The quantitative estimate of drug-likeness (QED) is 0.710. The van der Waals surface area contributed by atoms with Crippen molar-refractivity contribution < 1.29 is 9.94 Å². The largest absolute Gasteiger partial charge is 0.497 e. The molecule has 12 heavy (non-hydrogen) atoms. The molecule has 0 aliphatic heterocycles. The number of hydroxylamine groups is 1. The minimum atomic E-state index is 0. The molecule has 0 aromatic heterocycles. The van der Waals surface area contributed by atoms with E-state index in [1.807, 2.05) is 24.3 Å². The molecule has 0 radical (unpaired) electrons. The number of hydrogen-bond donors (Lipinski definition) is 2. The van der Waals surface area contributed by atoms with Gasteiger partial charge in [-0.15, -0.1) is 12.4 Å². The highest BCUT2D eigenvalue weighted by Crippen LogP contribution is 2.10. The van der Waals surface area contributed by atoms with Crippen LogP contribution in [0.4, 0.5) is 0 Å². The van der Waals surface area contributed by atoms with Crippen molar-refractivity contribution in [2.45, 2.75) is 6.54 Å². The molecule has 1 aromatic carbocycles. The zero-order valence-electron chi connectivity index (χ0n) is 6.78. The lowest BCUT2D eigenvalue weighted by molar-refractivity contribution is 0.161. The third-order valence-corrected chi connectivity index (χ3v) is 1.44. The molecule has 0 aliphatic carbocycles. The highest BCUT2D eigenvalue weighted by atomic mass is 35.5. The molecular weight excluding hydrogens is 178 g/mol. The van der Waals surface area contributed by atoms with E-state index in [4.69, 9.17) is 9.94 Å². The topological polar surface area (TPSA) is 41.5 Å². The van der Waals surface area contributed by atoms with E-state index in [1.54, 1.807) is 7.11 Å². The Hall–Kier alpha value is -0.770. The fraction of sp³-hybridized carbons (Fsp3) is 0.250. The number of benzene rings is 1. The Balaban J connectivity index is 0.00000121. The summed E-state index contributed by atoms with van der Waals surface area (Å²) in [6.07, 6.45) is 0. The predicted molar refractivity (Wildman–Crippen MR) is 48.9 cm³/mol. The lowest BCUT2D eigenvalue weighted by Crippen LogP contribution is -2.05. The van der Waals surface area contributed by atoms with E-state index in [2.05, 4.69) is 5.48 Å². The number of rotatable bonds is 3. The van der Waals surface area contributed by atoms with E-state index in [-0.39, 0.29) is 12.4 Å². The Morgan fingerprint density at radius 2 is 1.92 bits per heavy atom. The Labute approximate surface area is 77.7 Å². The normalized spacial score (nSPS) is 8.83. The number of halogens is 1. The number of hydrogen-bond acceptors (Lipinski definition) is 3. The van der Waals surface area contributed by atoms with Gasteiger partial charge in [0.25, 0.3) is 0 Å². The van der Waals surface area contributed by atoms with Gasteiger partial charge < -0.3 is 9.94 Å². The summed E-state index contributed by atoms with van der Waals surface area (Å²) in [5.74, 6) is 0.826. The van der Waals surface area contributed by atoms with Crippen LogP contribution in [0.15, 0.2) is 24.3 Å². The molecule has 3 nitrogen and oxygen atoms in total. The Morgan fingerprint density at radius 1 is 1.33 bits per heavy atom. The number of nitrogens with one attached hydrogen (secondary N) is 1. The second-order valence-corrected chi connectivity index (χ2v) is 2.18. The summed E-state index contributed by atoms with van der Waals surface area (Å²) in [6, 6.07) is 7.49. The van der Waals surface area contributed by atoms with Crippen molar-refractivity contribution in [3.63, 3.8) is 0 Å². The Morgan fingerprint density at radius 3 is 2.33 bits per heavy atom. The van der Waals surface area contributed by atoms with Crippen LogP contribution in [-0.4, -0.2) is 12.3 Å². The van der Waals surface area contributed by atoms with Crippen LogP contribution in [0.3, 0.4) is 0 Å². The van der Waals surface area contributed by atoms with Gasteiger partial charge in [-0.25, -0.2) is 5.48 Å². The van der Waals surface area contributed by atoms with Gasteiger partial charge in [0.1, 0.15) is 5.75 Å². The van der Waals surface area contributed by atoms with Crippen LogP contribution in [0.25, 0.3) is 0 Å². The van der Waals surface area contributed by atoms with E-state index in [0.717, 1.165) is 11.3 Å². The first-order valence-electron chi connectivity index (χ1n) is 3.36. The fourth-order valence-corrected chi connectivity index (χ4v) is 0.835. The summed E-state index contributed by atoms with van der Waals surface area (Å²) in [5, 5.41) is 8.36. The minimum Gasteiger partial charge on any atom is -0.497 e. The SMILES string of the molecule is COc1ccc(CNO)cc1.Cl. The van der Waals surface area contributed by atoms with E-state index in [1.165, 1.54) is 0 Å². The van der Waals surface area contributed by atoms with Gasteiger partial charge in [0.15, 0.2) is 0 Å². The number of ether oxygens (including phenoxy) is 1. The first kappa shape index (κ1) is 11.2. The van der Waals surface area contributed by atoms with E-state index >= 15 is 0 Å². The van der Waals surface area contributed by atoms with Crippen molar-refractivity contribution >= 4 is 12.4 Å². The fourth-order valence-electron chi connectivity index (χ4n) is 0.835. The first-order chi connectivity index (χ1) is 5.36. The third-order valence-electron chi connectivity index (χ3n) is 1.44. The molecule has 0 amide bonds. The van der Waals surface area contributed by atoms with E-state index in [9.17, 15) is 0 Å². The Kier molecular flexibility index (Phi) is 5.45. The molecule has 0 atom stereocenters. The number of methoxy groups -OCH3 is 1. The van der Waals surface area contributed by atoms with Crippen LogP contribution in [0, 0.1) is 0 Å². The summed E-state index contributed by atoms with van der Waals surface area (Å²) >= 11 is 0. The van der Waals surface area contributed by atoms with Crippen molar-refractivity contribution in [2.24, 2.45) is 0 Å². The third kappa shape index (κ3) is 3.09. The van der Waals surface area contributed by atoms with Gasteiger partial charge in [0, 0.05) is 6.54 Å². The van der Waals surface area contributed by atoms with E-state index in [0.29, 0.717) is 6.54 Å². The van der Waals surface area contributed by atoms with Crippen LogP contribution in [0.1, 0.15) is 5.56 Å². The van der Waals surface area contributed by atoms with Crippen LogP contribution in [0.2, 0.25) is 0 Å². The monoisotopic (exact) mass is 189 g/mol. The highest BCUT2D eigenvalue weighted by Gasteiger charge is 1.91. The summed E-state index contributed by atoms with van der Waals surface area (Å²) in [7, 11) is 1.62. The average Bonchev–Trinajstić information content (AvgIpc) is 2.07. The minimum absolute atomic E-state index is 0. The molecule has 0 unspecified atom stereocenters. The van der Waals surface area contributed by atoms with Gasteiger partial charge in [0.05, 0.1) is 7.11 Å². The molecule has 1 aromatic rings. The maximum absolute atomic E-state index is 8.36. The molecule has 0 saturated heterocycles. The van der Waals surface area contributed by atoms with Gasteiger partial charge in [-0.2, -0.15) is 0 Å². The molecule has 0 heterocycles. The van der Waals surface area contributed by atoms with Gasteiger partial charge in [-0.3, -0.25) is 0 Å². The molecule has 4 heteroatoms. The van der Waals surface area contributed by atoms with Crippen LogP contribution >= 0.6 is 12.4 Å². The smallest absolute Gasteiger partial charge is 0.118 e. The zero-order valence-corrected chi connectivity index (χ0v) is 7.60. The van der Waals surface area contributed by atoms with E-state index < -0.39 is 0 Å². The predicted octanol–water partition coefficient (Wildman–Crippen LogP) is 1.60. The molecule has 0 saturated carbocycles. The van der Waals surface area contributed by atoms with Crippen molar-refractivity contribution in [1.82, 2.24) is 5.48 Å². The molecule has 0 bridgehead atoms. The summed E-state index contributed by atoms with van der Waals surface area (Å²) < 4.78 is 4.96. The molecule has 0 spiro atoms. The maximum atomic E-state index is 8.36. The van der Waals surface area contributed by atoms with Gasteiger partial charge in [-0.05, 0) is 17.7 Å². The molecule has 1 rings (SSSR count). The summed E-state index contributed by atoms with van der Waals surface area (Å²) in [5.41, 5.74) is 3.10. The molecule has 2 N–H and O–H groups in total. The lowest BCUT2D eigenvalue weighted by Gasteiger charge is -2.01. The van der Waals surface area contributed by atoms with Crippen molar-refractivity contribution in [3.8, 4) is 5.75 Å². The Bertz CT molecular complexity index is 213. The second-order valence-electron chi connectivity index (χ2n) is 2.18. The summed E-state index contributed by atoms with van der Waals surface area (Å²) in [4.78, 5) is 0. The van der Waals surface area contributed by atoms with Gasteiger partial charge >= 0.3 is 0 Å². The van der Waals surface area contributed by atoms with Crippen molar-refractivity contribution in [2.75, 3.05) is 7.11 Å². The molecular formula is C8H12ClNO2. The zero-order chi connectivity index (χ0) is 8.10. The molecule has 0 fully saturated rings. The second kappa shape index (κ2) is 5.83. The maximum Gasteiger partial charge on any atom is 0.118 e. The standard InChI is InChI=1S/C8H11NO2.ClH/c1-11-8-4-2-7(3-5-8)6-9-10;/h2-5,9-10H,6H2,1H3;1H. The molecule has 0 aliphatic rings. The summed E-state index contributed by atoms with van der Waals surface area (Å²) in [6.45, 7) is 0.462. The van der Waals surface area contributed by atoms with Gasteiger partial charge in [0.2, 0.25) is 0 Å². The van der Waals surface area contributed by atoms with Gasteiger partial charge in [-0.1, -0.05) is 12.1 Å². The van der Waals surface area contributed by atoms with Crippen LogP contribution in [0.5, 0.6) is 5.75 Å². The van der Waals surface area contributed by atoms with Crippen LogP contribution < -0.4 is 10.2 Å². The van der Waals surface area contributed by atoms with Crippen molar-refractivity contribution in [1.29, 1.82) is 0 Å². The average molecular weight is 190 g/mol. The first-order valence-corrected chi connectivity index (χ1v) is 3.36. The van der Waals surface area contributed by atoms with Crippen LogP contribution in [-0.2, 0) is 6.54 Å².